The largest absolute Gasteiger partial charge is 0.456 e. The standard InChI is InChI=1S/C57H36N4O2S/c1-3-39(51-43-30-29-38(32-49(43)62-47(51)4-2)52-54-53(44-24-11-13-27-48(44)63-54)61-57(60-52)35-19-9-6-10-20-35)46-33-45(58-56(59-46)34-17-7-5-8-18-34)37-22-15-21-36(31-37)40-25-16-26-42-41-23-12-14-28-50(41)64-55(40)42/h3-33H,2H2,1H3/b39-3-. The molecule has 0 bridgehead atoms. The van der Waals surface area contributed by atoms with Gasteiger partial charge in [0.15, 0.2) is 17.2 Å². The van der Waals surface area contributed by atoms with E-state index in [1.54, 1.807) is 6.08 Å². The third-order valence-corrected chi connectivity index (χ3v) is 13.1. The fourth-order valence-corrected chi connectivity index (χ4v) is 10.1. The third kappa shape index (κ3) is 6.24. The molecule has 0 fully saturated rings. The normalized spacial score (nSPS) is 12.0. The SMILES string of the molecule is C=Cc1oc2cc(-c3nc(-c4ccccc4)nc4c3oc3ccccc34)ccc2c1/C(=C\C)c1cc(-c2cccc(-c3cccc4c3sc3ccccc34)c2)nc(-c2ccccc2)n1. The van der Waals surface area contributed by atoms with Gasteiger partial charge in [0.2, 0.25) is 0 Å². The Balaban J connectivity index is 0.999. The molecule has 0 atom stereocenters. The van der Waals surface area contributed by atoms with Crippen molar-refractivity contribution in [2.24, 2.45) is 0 Å². The maximum Gasteiger partial charge on any atom is 0.180 e. The van der Waals surface area contributed by atoms with E-state index in [0.29, 0.717) is 34.3 Å². The number of benzene rings is 7. The van der Waals surface area contributed by atoms with Crippen LogP contribution in [0.2, 0.25) is 0 Å². The third-order valence-electron chi connectivity index (χ3n) is 11.9. The molecular weight excluding hydrogens is 805 g/mol. The molecule has 7 aromatic carbocycles. The van der Waals surface area contributed by atoms with Crippen LogP contribution in [-0.4, -0.2) is 19.9 Å². The molecule has 0 radical (unpaired) electrons. The molecule has 0 spiro atoms. The van der Waals surface area contributed by atoms with Gasteiger partial charge in [-0.3, -0.25) is 0 Å². The Morgan fingerprint density at radius 1 is 0.531 bits per heavy atom. The van der Waals surface area contributed by atoms with Crippen molar-refractivity contribution in [2.75, 3.05) is 0 Å². The van der Waals surface area contributed by atoms with E-state index in [-0.39, 0.29) is 0 Å². The highest BCUT2D eigenvalue weighted by atomic mass is 32.1. The van der Waals surface area contributed by atoms with Gasteiger partial charge in [-0.25, -0.2) is 19.9 Å². The summed E-state index contributed by atoms with van der Waals surface area (Å²) in [6, 6.07) is 60.3. The number of rotatable bonds is 8. The molecule has 6 nitrogen and oxygen atoms in total. The molecule has 64 heavy (non-hydrogen) atoms. The van der Waals surface area contributed by atoms with Gasteiger partial charge in [-0.1, -0.05) is 146 Å². The lowest BCUT2D eigenvalue weighted by molar-refractivity contribution is 0.603. The first-order chi connectivity index (χ1) is 31.6. The minimum absolute atomic E-state index is 0.620. The smallest absolute Gasteiger partial charge is 0.180 e. The average molecular weight is 841 g/mol. The van der Waals surface area contributed by atoms with Gasteiger partial charge in [0.05, 0.1) is 11.4 Å². The maximum absolute atomic E-state index is 6.68. The van der Waals surface area contributed by atoms with Gasteiger partial charge >= 0.3 is 0 Å². The molecule has 0 aliphatic carbocycles. The summed E-state index contributed by atoms with van der Waals surface area (Å²) in [5, 5.41) is 4.41. The van der Waals surface area contributed by atoms with Crippen molar-refractivity contribution in [1.29, 1.82) is 0 Å². The molecule has 7 heteroatoms. The van der Waals surface area contributed by atoms with Gasteiger partial charge in [0, 0.05) is 64.3 Å². The van der Waals surface area contributed by atoms with Crippen LogP contribution in [0.25, 0.3) is 121 Å². The number of furan rings is 2. The Kier molecular flexibility index (Phi) is 8.95. The number of hydrogen-bond acceptors (Lipinski definition) is 7. The second-order valence-electron chi connectivity index (χ2n) is 15.7. The van der Waals surface area contributed by atoms with E-state index < -0.39 is 0 Å². The number of para-hydroxylation sites is 1. The molecule has 5 aromatic heterocycles. The highest BCUT2D eigenvalue weighted by Crippen LogP contribution is 2.43. The van der Waals surface area contributed by atoms with Crippen molar-refractivity contribution < 1.29 is 8.83 Å². The van der Waals surface area contributed by atoms with Gasteiger partial charge in [-0.05, 0) is 66.6 Å². The highest BCUT2D eigenvalue weighted by Gasteiger charge is 2.23. The van der Waals surface area contributed by atoms with E-state index >= 15 is 0 Å². The van der Waals surface area contributed by atoms with Gasteiger partial charge in [-0.15, -0.1) is 11.3 Å². The second kappa shape index (κ2) is 15.3. The Morgan fingerprint density at radius 3 is 2.02 bits per heavy atom. The van der Waals surface area contributed by atoms with E-state index in [4.69, 9.17) is 28.8 Å². The monoisotopic (exact) mass is 840 g/mol. The van der Waals surface area contributed by atoms with Crippen LogP contribution in [0.1, 0.15) is 23.9 Å². The lowest BCUT2D eigenvalue weighted by atomic mass is 9.95. The van der Waals surface area contributed by atoms with Crippen molar-refractivity contribution >= 4 is 76.2 Å². The fraction of sp³-hybridized carbons (Fsp3) is 0.0175. The molecule has 0 N–H and O–H groups in total. The molecule has 12 rings (SSSR count). The minimum Gasteiger partial charge on any atom is -0.456 e. The molecule has 302 valence electrons. The molecule has 0 unspecified atom stereocenters. The number of allylic oxidation sites excluding steroid dienone is 1. The van der Waals surface area contributed by atoms with Crippen LogP contribution >= 0.6 is 11.3 Å². The summed E-state index contributed by atoms with van der Waals surface area (Å²) in [5.74, 6) is 1.89. The predicted molar refractivity (Wildman–Crippen MR) is 264 cm³/mol. The van der Waals surface area contributed by atoms with Crippen LogP contribution in [0, 0.1) is 0 Å². The first-order valence-electron chi connectivity index (χ1n) is 21.2. The first-order valence-corrected chi connectivity index (χ1v) is 22.0. The second-order valence-corrected chi connectivity index (χ2v) is 16.7. The topological polar surface area (TPSA) is 77.8 Å². The van der Waals surface area contributed by atoms with Gasteiger partial charge in [-0.2, -0.15) is 0 Å². The predicted octanol–water partition coefficient (Wildman–Crippen LogP) is 15.7. The van der Waals surface area contributed by atoms with Crippen LogP contribution in [0.5, 0.6) is 0 Å². The van der Waals surface area contributed by atoms with Crippen LogP contribution in [0.15, 0.2) is 197 Å². The average Bonchev–Trinajstić information content (AvgIpc) is 4.06. The number of nitrogens with zero attached hydrogens (tertiary/aromatic N) is 4. The lowest BCUT2D eigenvalue weighted by Gasteiger charge is -2.13. The van der Waals surface area contributed by atoms with E-state index in [1.807, 2.05) is 97.1 Å². The minimum atomic E-state index is 0.620. The van der Waals surface area contributed by atoms with Crippen LogP contribution < -0.4 is 0 Å². The summed E-state index contributed by atoms with van der Waals surface area (Å²) >= 11 is 1.84. The summed E-state index contributed by atoms with van der Waals surface area (Å²) in [4.78, 5) is 20.6. The van der Waals surface area contributed by atoms with Crippen LogP contribution in [0.3, 0.4) is 0 Å². The molecular formula is C57H36N4O2S. The van der Waals surface area contributed by atoms with Gasteiger partial charge in [0.1, 0.15) is 28.1 Å². The lowest BCUT2D eigenvalue weighted by Crippen LogP contribution is -2.00. The molecule has 0 saturated heterocycles. The Hall–Kier alpha value is -8.26. The molecule has 0 amide bonds. The molecule has 5 heterocycles. The zero-order chi connectivity index (χ0) is 42.7. The van der Waals surface area contributed by atoms with Gasteiger partial charge in [0.25, 0.3) is 0 Å². The van der Waals surface area contributed by atoms with E-state index in [1.165, 1.54) is 25.7 Å². The summed E-state index contributed by atoms with van der Waals surface area (Å²) in [6.45, 7) is 6.24. The molecule has 0 saturated carbocycles. The molecule has 0 aliphatic rings. The highest BCUT2D eigenvalue weighted by molar-refractivity contribution is 7.26. The maximum atomic E-state index is 6.68. The summed E-state index contributed by atoms with van der Waals surface area (Å²) < 4.78 is 15.7. The first kappa shape index (κ1) is 37.5. The summed E-state index contributed by atoms with van der Waals surface area (Å²) in [7, 11) is 0. The number of fused-ring (bicyclic) bond motifs is 7. The number of aromatic nitrogens is 4. The zero-order valence-electron chi connectivity index (χ0n) is 34.6. The molecule has 12 aromatic rings. The quantitative estimate of drug-likeness (QED) is 0.152. The summed E-state index contributed by atoms with van der Waals surface area (Å²) in [5.41, 5.74) is 12.9. The van der Waals surface area contributed by atoms with Crippen LogP contribution in [-0.2, 0) is 0 Å². The summed E-state index contributed by atoms with van der Waals surface area (Å²) in [6.07, 6.45) is 3.87. The Bertz CT molecular complexity index is 3820. The van der Waals surface area contributed by atoms with Crippen molar-refractivity contribution in [3.63, 3.8) is 0 Å². The van der Waals surface area contributed by atoms with Crippen LogP contribution in [0.4, 0.5) is 0 Å². The van der Waals surface area contributed by atoms with Crippen molar-refractivity contribution in [2.45, 2.75) is 6.92 Å². The van der Waals surface area contributed by atoms with E-state index in [9.17, 15) is 0 Å². The van der Waals surface area contributed by atoms with Gasteiger partial charge < -0.3 is 8.83 Å². The number of thiophene rings is 1. The van der Waals surface area contributed by atoms with E-state index in [0.717, 1.165) is 72.2 Å². The van der Waals surface area contributed by atoms with Crippen molar-refractivity contribution in [3.05, 3.63) is 206 Å². The van der Waals surface area contributed by atoms with Crippen molar-refractivity contribution in [1.82, 2.24) is 19.9 Å². The zero-order valence-corrected chi connectivity index (χ0v) is 35.4. The number of hydrogen-bond donors (Lipinski definition) is 0. The molecule has 0 aliphatic heterocycles. The Labute approximate surface area is 372 Å². The van der Waals surface area contributed by atoms with E-state index in [2.05, 4.69) is 110 Å². The van der Waals surface area contributed by atoms with Crippen molar-refractivity contribution in [3.8, 4) is 56.4 Å². The Morgan fingerprint density at radius 2 is 1.22 bits per heavy atom. The fourth-order valence-electron chi connectivity index (χ4n) is 8.88.